The van der Waals surface area contributed by atoms with Crippen LogP contribution in [0.2, 0.25) is 0 Å². The molecule has 2 fully saturated rings. The van der Waals surface area contributed by atoms with Crippen molar-refractivity contribution in [2.45, 2.75) is 57.6 Å². The van der Waals surface area contributed by atoms with E-state index >= 15 is 0 Å². The van der Waals surface area contributed by atoms with Gasteiger partial charge in [-0.05, 0) is 44.4 Å². The number of nitrogens with zero attached hydrogens (tertiary/aromatic N) is 1. The lowest BCUT2D eigenvalue weighted by Gasteiger charge is -2.37. The molecule has 2 aliphatic rings. The summed E-state index contributed by atoms with van der Waals surface area (Å²) in [6.07, 6.45) is 8.17. The Morgan fingerprint density at radius 3 is 2.60 bits per heavy atom. The lowest BCUT2D eigenvalue weighted by molar-refractivity contribution is 0.0194. The van der Waals surface area contributed by atoms with Crippen LogP contribution in [0, 0.1) is 5.92 Å². The summed E-state index contributed by atoms with van der Waals surface area (Å²) in [6.45, 7) is 6.62. The molecule has 0 aromatic heterocycles. The van der Waals surface area contributed by atoms with Crippen LogP contribution < -0.4 is 0 Å². The summed E-state index contributed by atoms with van der Waals surface area (Å²) in [6, 6.07) is 0.702. The zero-order valence-corrected chi connectivity index (χ0v) is 12.9. The lowest BCUT2D eigenvalue weighted by atomic mass is 9.86. The van der Waals surface area contributed by atoms with Crippen LogP contribution in [0.4, 0.5) is 0 Å². The lowest BCUT2D eigenvalue weighted by Crippen LogP contribution is -2.44. The minimum absolute atomic E-state index is 0.118. The normalized spacial score (nSPS) is 31.1. The minimum Gasteiger partial charge on any atom is -0.394 e. The van der Waals surface area contributed by atoms with Gasteiger partial charge < -0.3 is 14.6 Å². The molecule has 1 aliphatic carbocycles. The predicted molar refractivity (Wildman–Crippen MR) is 79.9 cm³/mol. The van der Waals surface area contributed by atoms with Gasteiger partial charge in [-0.25, -0.2) is 0 Å². The number of hydrogen-bond donors (Lipinski definition) is 1. The number of rotatable bonds is 8. The fourth-order valence-corrected chi connectivity index (χ4v) is 3.43. The molecule has 1 aliphatic heterocycles. The molecule has 0 aromatic rings. The summed E-state index contributed by atoms with van der Waals surface area (Å²) >= 11 is 0. The number of aliphatic hydroxyl groups excluding tert-OH is 1. The van der Waals surface area contributed by atoms with Crippen LogP contribution in [0.3, 0.4) is 0 Å². The monoisotopic (exact) mass is 285 g/mol. The van der Waals surface area contributed by atoms with Crippen molar-refractivity contribution < 1.29 is 14.6 Å². The zero-order valence-electron chi connectivity index (χ0n) is 12.9. The Labute approximate surface area is 123 Å². The quantitative estimate of drug-likeness (QED) is 0.693. The Morgan fingerprint density at radius 2 is 1.95 bits per heavy atom. The van der Waals surface area contributed by atoms with E-state index in [1.165, 1.54) is 38.5 Å². The first-order valence-electron chi connectivity index (χ1n) is 8.34. The molecule has 1 atom stereocenters. The van der Waals surface area contributed by atoms with E-state index in [9.17, 15) is 0 Å². The SMILES string of the molecule is CC1CCC(N(CCOCCO)CC2CCCO2)CC1. The van der Waals surface area contributed by atoms with Crippen molar-refractivity contribution >= 4 is 0 Å². The van der Waals surface area contributed by atoms with Crippen LogP contribution in [0.1, 0.15) is 45.4 Å². The van der Waals surface area contributed by atoms with Crippen molar-refractivity contribution in [1.29, 1.82) is 0 Å². The maximum Gasteiger partial charge on any atom is 0.0702 e. The molecule has 1 heterocycles. The van der Waals surface area contributed by atoms with Gasteiger partial charge in [-0.3, -0.25) is 4.90 Å². The summed E-state index contributed by atoms with van der Waals surface area (Å²) in [5.41, 5.74) is 0. The first-order valence-corrected chi connectivity index (χ1v) is 8.34. The third-order valence-corrected chi connectivity index (χ3v) is 4.72. The molecule has 1 saturated carbocycles. The van der Waals surface area contributed by atoms with Crippen LogP contribution >= 0.6 is 0 Å². The molecular formula is C16H31NO3. The number of ether oxygens (including phenoxy) is 2. The maximum absolute atomic E-state index is 8.78. The number of aliphatic hydroxyl groups is 1. The summed E-state index contributed by atoms with van der Waals surface area (Å²) < 4.78 is 11.3. The summed E-state index contributed by atoms with van der Waals surface area (Å²) in [5, 5.41) is 8.78. The molecule has 2 rings (SSSR count). The van der Waals surface area contributed by atoms with Crippen molar-refractivity contribution in [2.75, 3.05) is 39.5 Å². The fourth-order valence-electron chi connectivity index (χ4n) is 3.43. The van der Waals surface area contributed by atoms with Gasteiger partial charge in [0.1, 0.15) is 0 Å². The Bertz CT molecular complexity index is 248. The predicted octanol–water partition coefficient (Wildman–Crippen LogP) is 2.05. The molecule has 118 valence electrons. The molecule has 1 saturated heterocycles. The Kier molecular flexibility index (Phi) is 7.28. The molecule has 0 amide bonds. The molecule has 20 heavy (non-hydrogen) atoms. The van der Waals surface area contributed by atoms with E-state index in [2.05, 4.69) is 11.8 Å². The molecule has 0 bridgehead atoms. The van der Waals surface area contributed by atoms with E-state index in [1.807, 2.05) is 0 Å². The van der Waals surface area contributed by atoms with Gasteiger partial charge >= 0.3 is 0 Å². The molecule has 4 nitrogen and oxygen atoms in total. The highest BCUT2D eigenvalue weighted by atomic mass is 16.5. The van der Waals surface area contributed by atoms with Crippen molar-refractivity contribution in [2.24, 2.45) is 5.92 Å². The molecule has 1 N–H and O–H groups in total. The van der Waals surface area contributed by atoms with Crippen LogP contribution in [0.25, 0.3) is 0 Å². The van der Waals surface area contributed by atoms with Crippen molar-refractivity contribution in [3.8, 4) is 0 Å². The molecular weight excluding hydrogens is 254 g/mol. The van der Waals surface area contributed by atoms with Gasteiger partial charge in [0.25, 0.3) is 0 Å². The largest absolute Gasteiger partial charge is 0.394 e. The van der Waals surface area contributed by atoms with Crippen molar-refractivity contribution in [3.05, 3.63) is 0 Å². The molecule has 4 heteroatoms. The summed E-state index contributed by atoms with van der Waals surface area (Å²) in [7, 11) is 0. The molecule has 0 aromatic carbocycles. The van der Waals surface area contributed by atoms with Crippen molar-refractivity contribution in [3.63, 3.8) is 0 Å². The van der Waals surface area contributed by atoms with E-state index < -0.39 is 0 Å². The van der Waals surface area contributed by atoms with Gasteiger partial charge in [0.15, 0.2) is 0 Å². The Balaban J connectivity index is 1.78. The highest BCUT2D eigenvalue weighted by molar-refractivity contribution is 4.81. The van der Waals surface area contributed by atoms with Gasteiger partial charge in [-0.1, -0.05) is 6.92 Å². The third-order valence-electron chi connectivity index (χ3n) is 4.72. The van der Waals surface area contributed by atoms with Gasteiger partial charge in [0, 0.05) is 25.7 Å². The zero-order chi connectivity index (χ0) is 14.2. The second-order valence-electron chi connectivity index (χ2n) is 6.38. The first kappa shape index (κ1) is 16.2. The molecule has 0 radical (unpaired) electrons. The van der Waals surface area contributed by atoms with Crippen LogP contribution in [0.15, 0.2) is 0 Å². The van der Waals surface area contributed by atoms with E-state index in [0.29, 0.717) is 18.8 Å². The molecule has 1 unspecified atom stereocenters. The second kappa shape index (κ2) is 8.98. The average molecular weight is 285 g/mol. The van der Waals surface area contributed by atoms with Crippen LogP contribution in [-0.4, -0.2) is 61.7 Å². The van der Waals surface area contributed by atoms with E-state index in [0.717, 1.165) is 32.2 Å². The van der Waals surface area contributed by atoms with Gasteiger partial charge in [-0.2, -0.15) is 0 Å². The minimum atomic E-state index is 0.118. The van der Waals surface area contributed by atoms with Gasteiger partial charge in [0.2, 0.25) is 0 Å². The Morgan fingerprint density at radius 1 is 1.15 bits per heavy atom. The third kappa shape index (κ3) is 5.32. The van der Waals surface area contributed by atoms with Crippen LogP contribution in [-0.2, 0) is 9.47 Å². The summed E-state index contributed by atoms with van der Waals surface area (Å²) in [4.78, 5) is 2.58. The van der Waals surface area contributed by atoms with E-state index in [4.69, 9.17) is 14.6 Å². The highest BCUT2D eigenvalue weighted by Crippen LogP contribution is 2.28. The van der Waals surface area contributed by atoms with Gasteiger partial charge in [0.05, 0.1) is 25.9 Å². The maximum atomic E-state index is 8.78. The second-order valence-corrected chi connectivity index (χ2v) is 6.38. The van der Waals surface area contributed by atoms with E-state index in [-0.39, 0.29) is 6.61 Å². The highest BCUT2D eigenvalue weighted by Gasteiger charge is 2.27. The topological polar surface area (TPSA) is 41.9 Å². The smallest absolute Gasteiger partial charge is 0.0702 e. The average Bonchev–Trinajstić information content (AvgIpc) is 2.96. The van der Waals surface area contributed by atoms with Crippen LogP contribution in [0.5, 0.6) is 0 Å². The first-order chi connectivity index (χ1) is 9.79. The standard InChI is InChI=1S/C16H31NO3/c1-14-4-6-15(7-5-14)17(8-11-19-12-9-18)13-16-3-2-10-20-16/h14-16,18H,2-13H2,1H3. The summed E-state index contributed by atoms with van der Waals surface area (Å²) in [5.74, 6) is 0.890. The van der Waals surface area contributed by atoms with E-state index in [1.54, 1.807) is 0 Å². The van der Waals surface area contributed by atoms with Crippen molar-refractivity contribution in [1.82, 2.24) is 4.90 Å². The Hall–Kier alpha value is -0.160. The number of hydrogen-bond acceptors (Lipinski definition) is 4. The van der Waals surface area contributed by atoms with Gasteiger partial charge in [-0.15, -0.1) is 0 Å². The fraction of sp³-hybridized carbons (Fsp3) is 1.00. The molecule has 0 spiro atoms.